The molecule has 2 fully saturated rings. The average molecular weight is 278 g/mol. The maximum atomic E-state index is 9.83. The van der Waals surface area contributed by atoms with Crippen molar-refractivity contribution in [2.24, 2.45) is 0 Å². The van der Waals surface area contributed by atoms with E-state index in [0.717, 1.165) is 44.8 Å². The minimum atomic E-state index is -0.128. The zero-order valence-electron chi connectivity index (χ0n) is 12.8. The normalized spacial score (nSPS) is 31.7. The second-order valence-electron chi connectivity index (χ2n) is 6.37. The third-order valence-electron chi connectivity index (χ3n) is 4.82. The van der Waals surface area contributed by atoms with E-state index in [1.807, 2.05) is 4.68 Å². The zero-order valence-corrected chi connectivity index (χ0v) is 12.8. The zero-order chi connectivity index (χ0) is 14.3. The molecule has 0 saturated carbocycles. The molecule has 1 aromatic rings. The van der Waals surface area contributed by atoms with E-state index in [9.17, 15) is 5.11 Å². The lowest BCUT2D eigenvalue weighted by molar-refractivity contribution is 0.0527. The molecular formula is C15H26N4O. The second kappa shape index (κ2) is 5.47. The number of aryl methyl sites for hydroxylation is 2. The van der Waals surface area contributed by atoms with Crippen molar-refractivity contribution < 1.29 is 5.11 Å². The molecule has 2 aliphatic rings. The summed E-state index contributed by atoms with van der Waals surface area (Å²) >= 11 is 0. The fourth-order valence-corrected chi connectivity index (χ4v) is 3.59. The van der Waals surface area contributed by atoms with Gasteiger partial charge in [0, 0.05) is 56.6 Å². The molecule has 5 nitrogen and oxygen atoms in total. The maximum Gasteiger partial charge on any atom is 0.0682 e. The van der Waals surface area contributed by atoms with Crippen LogP contribution < -0.4 is 0 Å². The van der Waals surface area contributed by atoms with Gasteiger partial charge in [0.25, 0.3) is 0 Å². The van der Waals surface area contributed by atoms with Crippen LogP contribution in [0.5, 0.6) is 0 Å². The van der Waals surface area contributed by atoms with E-state index in [2.05, 4.69) is 41.9 Å². The molecule has 20 heavy (non-hydrogen) atoms. The van der Waals surface area contributed by atoms with Crippen molar-refractivity contribution in [3.05, 3.63) is 17.5 Å². The molecule has 1 aromatic heterocycles. The van der Waals surface area contributed by atoms with Crippen molar-refractivity contribution in [1.29, 1.82) is 0 Å². The molecule has 3 rings (SSSR count). The molecule has 0 unspecified atom stereocenters. The fourth-order valence-electron chi connectivity index (χ4n) is 3.59. The van der Waals surface area contributed by atoms with Crippen molar-refractivity contribution in [3.8, 4) is 0 Å². The Hall–Kier alpha value is -0.910. The maximum absolute atomic E-state index is 9.83. The summed E-state index contributed by atoms with van der Waals surface area (Å²) in [5, 5.41) is 14.4. The molecule has 1 N–H and O–H groups in total. The summed E-state index contributed by atoms with van der Waals surface area (Å²) in [6, 6.07) is 1.07. The summed E-state index contributed by atoms with van der Waals surface area (Å²) in [5.74, 6) is 0. The highest BCUT2D eigenvalue weighted by Gasteiger charge is 2.38. The first-order valence-electron chi connectivity index (χ1n) is 7.76. The Morgan fingerprint density at radius 2 is 2.15 bits per heavy atom. The van der Waals surface area contributed by atoms with Crippen LogP contribution in [0, 0.1) is 6.92 Å². The largest absolute Gasteiger partial charge is 0.392 e. The Morgan fingerprint density at radius 3 is 2.85 bits per heavy atom. The Balaban J connectivity index is 1.69. The molecule has 0 radical (unpaired) electrons. The summed E-state index contributed by atoms with van der Waals surface area (Å²) in [7, 11) is 0. The number of piperazine rings is 1. The first-order chi connectivity index (χ1) is 9.56. The molecule has 2 aliphatic heterocycles. The summed E-state index contributed by atoms with van der Waals surface area (Å²) in [5.41, 5.74) is 2.48. The topological polar surface area (TPSA) is 44.5 Å². The van der Waals surface area contributed by atoms with Gasteiger partial charge in [0.15, 0.2) is 0 Å². The minimum Gasteiger partial charge on any atom is -0.392 e. The van der Waals surface area contributed by atoms with Crippen molar-refractivity contribution in [1.82, 2.24) is 19.6 Å². The van der Waals surface area contributed by atoms with Crippen molar-refractivity contribution in [3.63, 3.8) is 0 Å². The van der Waals surface area contributed by atoms with Crippen LogP contribution in [-0.4, -0.2) is 62.5 Å². The standard InChI is InChI=1S/C15H26N4O/c1-4-19-8-13(12(3)16-19)7-17-9-14-5-15(20)10-18(14)6-11(17)2/h8,11,14-15,20H,4-7,9-10H2,1-3H3/t11-,14-,15+/m0/s1. The van der Waals surface area contributed by atoms with E-state index in [4.69, 9.17) is 0 Å². The van der Waals surface area contributed by atoms with Crippen LogP contribution in [0.4, 0.5) is 0 Å². The molecule has 0 aromatic carbocycles. The smallest absolute Gasteiger partial charge is 0.0682 e. The molecule has 3 atom stereocenters. The van der Waals surface area contributed by atoms with Gasteiger partial charge in [-0.3, -0.25) is 14.5 Å². The highest BCUT2D eigenvalue weighted by Crippen LogP contribution is 2.26. The lowest BCUT2D eigenvalue weighted by Crippen LogP contribution is -2.54. The van der Waals surface area contributed by atoms with Gasteiger partial charge >= 0.3 is 0 Å². The van der Waals surface area contributed by atoms with E-state index in [1.54, 1.807) is 0 Å². The molecule has 3 heterocycles. The van der Waals surface area contributed by atoms with E-state index in [-0.39, 0.29) is 6.10 Å². The molecule has 0 amide bonds. The number of aromatic nitrogens is 2. The average Bonchev–Trinajstić information content (AvgIpc) is 2.92. The van der Waals surface area contributed by atoms with E-state index < -0.39 is 0 Å². The molecule has 2 saturated heterocycles. The van der Waals surface area contributed by atoms with Gasteiger partial charge < -0.3 is 5.11 Å². The monoisotopic (exact) mass is 278 g/mol. The fraction of sp³-hybridized carbons (Fsp3) is 0.800. The van der Waals surface area contributed by atoms with Crippen molar-refractivity contribution in [2.45, 2.75) is 58.5 Å². The van der Waals surface area contributed by atoms with Crippen LogP contribution in [0.1, 0.15) is 31.5 Å². The number of hydrogen-bond acceptors (Lipinski definition) is 4. The summed E-state index contributed by atoms with van der Waals surface area (Å²) < 4.78 is 2.02. The SMILES string of the molecule is CCn1cc(CN2C[C@@H]3C[C@@H](O)CN3C[C@@H]2C)c(C)n1. The minimum absolute atomic E-state index is 0.128. The van der Waals surface area contributed by atoms with Gasteiger partial charge in [-0.05, 0) is 27.2 Å². The predicted molar refractivity (Wildman–Crippen MR) is 78.5 cm³/mol. The highest BCUT2D eigenvalue weighted by atomic mass is 16.3. The van der Waals surface area contributed by atoms with Gasteiger partial charge in [-0.15, -0.1) is 0 Å². The number of fused-ring (bicyclic) bond motifs is 1. The Morgan fingerprint density at radius 1 is 1.35 bits per heavy atom. The van der Waals surface area contributed by atoms with Crippen LogP contribution in [-0.2, 0) is 13.1 Å². The Bertz CT molecular complexity index is 472. The predicted octanol–water partition coefficient (Wildman–Crippen LogP) is 0.851. The van der Waals surface area contributed by atoms with Gasteiger partial charge in [0.05, 0.1) is 11.8 Å². The summed E-state index contributed by atoms with van der Waals surface area (Å²) in [6.07, 6.45) is 2.98. The van der Waals surface area contributed by atoms with E-state index in [0.29, 0.717) is 12.1 Å². The van der Waals surface area contributed by atoms with Crippen LogP contribution in [0.3, 0.4) is 0 Å². The molecular weight excluding hydrogens is 252 g/mol. The number of aliphatic hydroxyl groups excluding tert-OH is 1. The van der Waals surface area contributed by atoms with Crippen molar-refractivity contribution in [2.75, 3.05) is 19.6 Å². The van der Waals surface area contributed by atoms with Gasteiger partial charge in [0.2, 0.25) is 0 Å². The Kier molecular flexibility index (Phi) is 3.84. The molecule has 112 valence electrons. The number of nitrogens with zero attached hydrogens (tertiary/aromatic N) is 4. The van der Waals surface area contributed by atoms with Gasteiger partial charge in [-0.25, -0.2) is 0 Å². The number of hydrogen-bond donors (Lipinski definition) is 1. The molecule has 5 heteroatoms. The van der Waals surface area contributed by atoms with Crippen LogP contribution in [0.15, 0.2) is 6.20 Å². The summed E-state index contributed by atoms with van der Waals surface area (Å²) in [4.78, 5) is 5.00. The van der Waals surface area contributed by atoms with E-state index >= 15 is 0 Å². The second-order valence-corrected chi connectivity index (χ2v) is 6.37. The van der Waals surface area contributed by atoms with Crippen molar-refractivity contribution >= 4 is 0 Å². The van der Waals surface area contributed by atoms with Crippen LogP contribution in [0.25, 0.3) is 0 Å². The first-order valence-corrected chi connectivity index (χ1v) is 7.76. The third kappa shape index (κ3) is 2.62. The highest BCUT2D eigenvalue weighted by molar-refractivity contribution is 5.16. The lowest BCUT2D eigenvalue weighted by atomic mass is 10.1. The van der Waals surface area contributed by atoms with Crippen LogP contribution in [0.2, 0.25) is 0 Å². The van der Waals surface area contributed by atoms with Gasteiger partial charge in [-0.1, -0.05) is 0 Å². The molecule has 0 spiro atoms. The quantitative estimate of drug-likeness (QED) is 0.890. The molecule has 0 aliphatic carbocycles. The summed E-state index contributed by atoms with van der Waals surface area (Å²) in [6.45, 7) is 11.4. The first kappa shape index (κ1) is 14.0. The van der Waals surface area contributed by atoms with Crippen LogP contribution >= 0.6 is 0 Å². The number of aliphatic hydroxyl groups is 1. The molecule has 0 bridgehead atoms. The third-order valence-corrected chi connectivity index (χ3v) is 4.82. The van der Waals surface area contributed by atoms with Gasteiger partial charge in [-0.2, -0.15) is 5.10 Å². The Labute approximate surface area is 121 Å². The van der Waals surface area contributed by atoms with E-state index in [1.165, 1.54) is 5.56 Å². The van der Waals surface area contributed by atoms with Gasteiger partial charge in [0.1, 0.15) is 0 Å². The lowest BCUT2D eigenvalue weighted by Gasteiger charge is -2.42. The number of rotatable bonds is 3.